The number of aromatic nitrogens is 1. The second kappa shape index (κ2) is 7.90. The zero-order valence-electron chi connectivity index (χ0n) is 10.6. The van der Waals surface area contributed by atoms with Gasteiger partial charge in [0.1, 0.15) is 0 Å². The van der Waals surface area contributed by atoms with Crippen LogP contribution < -0.4 is 11.1 Å². The summed E-state index contributed by atoms with van der Waals surface area (Å²) in [5.41, 5.74) is 5.47. The van der Waals surface area contributed by atoms with E-state index >= 15 is 0 Å². The Balaban J connectivity index is 2.05. The van der Waals surface area contributed by atoms with Crippen LogP contribution in [0.2, 0.25) is 0 Å². The number of hydrogen-bond acceptors (Lipinski definition) is 2. The largest absolute Gasteiger partial charge is 0.354 e. The molecule has 1 atom stereocenters. The average molecular weight is 237 g/mol. The highest BCUT2D eigenvalue weighted by atomic mass is 16.1. The van der Waals surface area contributed by atoms with Crippen LogP contribution >= 0.6 is 0 Å². The van der Waals surface area contributed by atoms with E-state index in [2.05, 4.69) is 16.8 Å². The minimum Gasteiger partial charge on any atom is -0.354 e. The van der Waals surface area contributed by atoms with E-state index in [0.717, 1.165) is 19.4 Å². The summed E-state index contributed by atoms with van der Waals surface area (Å²) in [6, 6.07) is 3.96. The summed E-state index contributed by atoms with van der Waals surface area (Å²) < 4.78 is 2.05. The summed E-state index contributed by atoms with van der Waals surface area (Å²) in [4.78, 5) is 11.5. The van der Waals surface area contributed by atoms with Crippen molar-refractivity contribution in [3.63, 3.8) is 0 Å². The van der Waals surface area contributed by atoms with E-state index in [9.17, 15) is 4.79 Å². The van der Waals surface area contributed by atoms with Crippen LogP contribution in [0.4, 0.5) is 0 Å². The van der Waals surface area contributed by atoms with Crippen molar-refractivity contribution in [2.75, 3.05) is 13.1 Å². The van der Waals surface area contributed by atoms with Gasteiger partial charge in [0.15, 0.2) is 0 Å². The maximum atomic E-state index is 11.5. The molecule has 1 heterocycles. The number of rotatable bonds is 8. The number of hydrogen-bond donors (Lipinski definition) is 2. The van der Waals surface area contributed by atoms with Crippen molar-refractivity contribution in [2.45, 2.75) is 32.7 Å². The lowest BCUT2D eigenvalue weighted by molar-refractivity contribution is -0.121. The van der Waals surface area contributed by atoms with E-state index in [-0.39, 0.29) is 5.91 Å². The smallest absolute Gasteiger partial charge is 0.220 e. The molecule has 1 rings (SSSR count). The van der Waals surface area contributed by atoms with Crippen LogP contribution in [-0.4, -0.2) is 23.6 Å². The number of carbonyl (C=O) groups excluding carboxylic acids is 1. The molecule has 1 unspecified atom stereocenters. The van der Waals surface area contributed by atoms with Crippen LogP contribution in [0.3, 0.4) is 0 Å². The van der Waals surface area contributed by atoms with Crippen molar-refractivity contribution in [3.05, 3.63) is 24.5 Å². The lowest BCUT2D eigenvalue weighted by Gasteiger charge is -2.10. The zero-order valence-corrected chi connectivity index (χ0v) is 10.6. The van der Waals surface area contributed by atoms with Crippen LogP contribution in [0, 0.1) is 5.92 Å². The molecule has 0 saturated heterocycles. The van der Waals surface area contributed by atoms with Gasteiger partial charge in [-0.2, -0.15) is 0 Å². The molecule has 3 N–H and O–H groups in total. The lowest BCUT2D eigenvalue weighted by Crippen LogP contribution is -2.27. The molecule has 4 nitrogen and oxygen atoms in total. The standard InChI is InChI=1S/C13H23N3O/c1-12(6-7-14)4-5-13(17)15-8-11-16-9-2-3-10-16/h2-3,9-10,12H,4-8,11,14H2,1H3,(H,15,17). The van der Waals surface area contributed by atoms with Crippen LogP contribution in [0.5, 0.6) is 0 Å². The molecule has 0 aliphatic heterocycles. The molecule has 0 aromatic carbocycles. The Bertz CT molecular complexity index is 308. The molecule has 0 fully saturated rings. The number of nitrogens with two attached hydrogens (primary N) is 1. The van der Waals surface area contributed by atoms with Gasteiger partial charge in [0.25, 0.3) is 0 Å². The fourth-order valence-corrected chi connectivity index (χ4v) is 1.74. The van der Waals surface area contributed by atoms with Gasteiger partial charge in [-0.1, -0.05) is 6.92 Å². The molecule has 0 spiro atoms. The molecular weight excluding hydrogens is 214 g/mol. The van der Waals surface area contributed by atoms with Gasteiger partial charge in [-0.15, -0.1) is 0 Å². The summed E-state index contributed by atoms with van der Waals surface area (Å²) >= 11 is 0. The van der Waals surface area contributed by atoms with Gasteiger partial charge in [-0.25, -0.2) is 0 Å². The Labute approximate surface area is 103 Å². The fraction of sp³-hybridized carbons (Fsp3) is 0.615. The Morgan fingerprint density at radius 2 is 2.06 bits per heavy atom. The summed E-state index contributed by atoms with van der Waals surface area (Å²) in [6.07, 6.45) is 6.51. The third-order valence-electron chi connectivity index (χ3n) is 2.88. The first-order valence-electron chi connectivity index (χ1n) is 6.30. The molecule has 0 aliphatic carbocycles. The molecule has 1 aromatic rings. The monoisotopic (exact) mass is 237 g/mol. The Morgan fingerprint density at radius 1 is 1.35 bits per heavy atom. The summed E-state index contributed by atoms with van der Waals surface area (Å²) in [5.74, 6) is 0.677. The normalized spacial score (nSPS) is 12.4. The minimum absolute atomic E-state index is 0.140. The molecule has 1 amide bonds. The maximum Gasteiger partial charge on any atom is 0.220 e. The quantitative estimate of drug-likeness (QED) is 0.717. The predicted molar refractivity (Wildman–Crippen MR) is 69.5 cm³/mol. The van der Waals surface area contributed by atoms with Gasteiger partial charge < -0.3 is 15.6 Å². The molecule has 0 aliphatic rings. The topological polar surface area (TPSA) is 60.1 Å². The Morgan fingerprint density at radius 3 is 2.71 bits per heavy atom. The van der Waals surface area contributed by atoms with Gasteiger partial charge in [0.05, 0.1) is 0 Å². The van der Waals surface area contributed by atoms with E-state index in [4.69, 9.17) is 5.73 Å². The molecular formula is C13H23N3O. The number of carbonyl (C=O) groups is 1. The van der Waals surface area contributed by atoms with E-state index in [1.54, 1.807) is 0 Å². The first-order chi connectivity index (χ1) is 8.22. The van der Waals surface area contributed by atoms with Crippen LogP contribution in [0.15, 0.2) is 24.5 Å². The van der Waals surface area contributed by atoms with Crippen LogP contribution in [0.25, 0.3) is 0 Å². The van der Waals surface area contributed by atoms with Gasteiger partial charge in [0, 0.05) is 31.9 Å². The molecule has 0 saturated carbocycles. The van der Waals surface area contributed by atoms with E-state index in [1.165, 1.54) is 0 Å². The highest BCUT2D eigenvalue weighted by molar-refractivity contribution is 5.75. The second-order valence-electron chi connectivity index (χ2n) is 4.49. The molecule has 96 valence electrons. The highest BCUT2D eigenvalue weighted by Crippen LogP contribution is 2.08. The number of nitrogens with one attached hydrogen (secondary N) is 1. The van der Waals surface area contributed by atoms with Gasteiger partial charge in [-0.3, -0.25) is 4.79 Å². The fourth-order valence-electron chi connectivity index (χ4n) is 1.74. The third kappa shape index (κ3) is 6.12. The van der Waals surface area contributed by atoms with Crippen molar-refractivity contribution in [1.29, 1.82) is 0 Å². The summed E-state index contributed by atoms with van der Waals surface area (Å²) in [5, 5.41) is 2.93. The first-order valence-corrected chi connectivity index (χ1v) is 6.30. The van der Waals surface area contributed by atoms with Gasteiger partial charge in [0.2, 0.25) is 5.91 Å². The summed E-state index contributed by atoms with van der Waals surface area (Å²) in [7, 11) is 0. The molecule has 4 heteroatoms. The minimum atomic E-state index is 0.140. The Kier molecular flexibility index (Phi) is 6.40. The van der Waals surface area contributed by atoms with Gasteiger partial charge >= 0.3 is 0 Å². The number of nitrogens with zero attached hydrogens (tertiary/aromatic N) is 1. The molecule has 0 bridgehead atoms. The van der Waals surface area contributed by atoms with Crippen molar-refractivity contribution in [2.24, 2.45) is 11.7 Å². The van der Waals surface area contributed by atoms with Crippen molar-refractivity contribution < 1.29 is 4.79 Å². The summed E-state index contributed by atoms with van der Waals surface area (Å²) in [6.45, 7) is 4.37. The predicted octanol–water partition coefficient (Wildman–Crippen LogP) is 1.37. The van der Waals surface area contributed by atoms with Crippen molar-refractivity contribution >= 4 is 5.91 Å². The molecule has 1 aromatic heterocycles. The average Bonchev–Trinajstić information content (AvgIpc) is 2.80. The number of amides is 1. The lowest BCUT2D eigenvalue weighted by atomic mass is 10.0. The third-order valence-corrected chi connectivity index (χ3v) is 2.88. The molecule has 17 heavy (non-hydrogen) atoms. The zero-order chi connectivity index (χ0) is 12.5. The van der Waals surface area contributed by atoms with Crippen LogP contribution in [-0.2, 0) is 11.3 Å². The first kappa shape index (κ1) is 13.8. The Hall–Kier alpha value is -1.29. The highest BCUT2D eigenvalue weighted by Gasteiger charge is 2.05. The van der Waals surface area contributed by atoms with Crippen LogP contribution in [0.1, 0.15) is 26.2 Å². The van der Waals surface area contributed by atoms with E-state index < -0.39 is 0 Å². The molecule has 0 radical (unpaired) electrons. The van der Waals surface area contributed by atoms with Gasteiger partial charge in [-0.05, 0) is 37.4 Å². The SMILES string of the molecule is CC(CCN)CCC(=O)NCCn1cccc1. The van der Waals surface area contributed by atoms with E-state index in [0.29, 0.717) is 25.4 Å². The second-order valence-corrected chi connectivity index (χ2v) is 4.49. The van der Waals surface area contributed by atoms with E-state index in [1.807, 2.05) is 24.5 Å². The maximum absolute atomic E-state index is 11.5. The van der Waals surface area contributed by atoms with Crippen molar-refractivity contribution in [3.8, 4) is 0 Å². The van der Waals surface area contributed by atoms with Crippen molar-refractivity contribution in [1.82, 2.24) is 9.88 Å².